The number of nitrogens with one attached hydrogen (secondary N) is 1. The summed E-state index contributed by atoms with van der Waals surface area (Å²) < 4.78 is 17.3. The van der Waals surface area contributed by atoms with Crippen molar-refractivity contribution >= 4 is 17.8 Å². The molecule has 194 valence electrons. The van der Waals surface area contributed by atoms with Crippen LogP contribution in [0.2, 0.25) is 0 Å². The second kappa shape index (κ2) is 10.7. The summed E-state index contributed by atoms with van der Waals surface area (Å²) in [6, 6.07) is 16.2. The van der Waals surface area contributed by atoms with Crippen molar-refractivity contribution in [2.75, 3.05) is 20.8 Å². The van der Waals surface area contributed by atoms with Crippen LogP contribution in [0.15, 0.2) is 54.6 Å². The zero-order valence-electron chi connectivity index (χ0n) is 21.3. The van der Waals surface area contributed by atoms with Gasteiger partial charge in [-0.3, -0.25) is 14.3 Å². The molecule has 0 aliphatic carbocycles. The summed E-state index contributed by atoms with van der Waals surface area (Å²) >= 11 is 0. The Kier molecular flexibility index (Phi) is 7.47. The van der Waals surface area contributed by atoms with Crippen molar-refractivity contribution in [2.45, 2.75) is 39.0 Å². The van der Waals surface area contributed by atoms with Gasteiger partial charge in [0.25, 0.3) is 5.91 Å². The van der Waals surface area contributed by atoms with Crippen LogP contribution in [0.1, 0.15) is 46.0 Å². The van der Waals surface area contributed by atoms with E-state index in [1.165, 1.54) is 22.8 Å². The standard InChI is InChI=1S/C27H30N4O6/c1-5-37-25(33)21-14-22-24(32)30(16-19-11-12-20(35-3)13-23(19)36-4)27(2,17-31(22)29-21)26(34)28-15-18-9-7-6-8-10-18/h6-14H,5,15-17H2,1-4H3,(H,28,34). The number of methoxy groups -OCH3 is 2. The van der Waals surface area contributed by atoms with Crippen molar-refractivity contribution < 1.29 is 28.6 Å². The monoisotopic (exact) mass is 506 g/mol. The summed E-state index contributed by atoms with van der Waals surface area (Å²) in [6.07, 6.45) is 0. The number of aromatic nitrogens is 2. The third-order valence-electron chi connectivity index (χ3n) is 6.39. The van der Waals surface area contributed by atoms with Crippen LogP contribution in [0.25, 0.3) is 0 Å². The lowest BCUT2D eigenvalue weighted by Crippen LogP contribution is -2.63. The summed E-state index contributed by atoms with van der Waals surface area (Å²) in [5.74, 6) is -0.298. The molecular weight excluding hydrogens is 476 g/mol. The topological polar surface area (TPSA) is 112 Å². The number of fused-ring (bicyclic) bond motifs is 1. The lowest BCUT2D eigenvalue weighted by molar-refractivity contribution is -0.133. The Labute approximate surface area is 215 Å². The van der Waals surface area contributed by atoms with Crippen LogP contribution < -0.4 is 14.8 Å². The van der Waals surface area contributed by atoms with Crippen LogP contribution >= 0.6 is 0 Å². The number of hydrogen-bond acceptors (Lipinski definition) is 7. The SMILES string of the molecule is CCOC(=O)c1cc2n(n1)CC(C)(C(=O)NCc1ccccc1)N(Cc1ccc(OC)cc1OC)C2=O. The molecule has 0 saturated heterocycles. The second-order valence-corrected chi connectivity index (χ2v) is 8.80. The third kappa shape index (κ3) is 5.13. The lowest BCUT2D eigenvalue weighted by Gasteiger charge is -2.43. The predicted molar refractivity (Wildman–Crippen MR) is 134 cm³/mol. The number of nitrogens with zero attached hydrogens (tertiary/aromatic N) is 3. The van der Waals surface area contributed by atoms with Crippen LogP contribution in [-0.2, 0) is 29.2 Å². The number of ether oxygens (including phenoxy) is 3. The minimum atomic E-state index is -1.32. The molecule has 0 fully saturated rings. The molecule has 0 spiro atoms. The highest BCUT2D eigenvalue weighted by Gasteiger charge is 2.48. The van der Waals surface area contributed by atoms with Gasteiger partial charge in [0.15, 0.2) is 5.69 Å². The number of benzene rings is 2. The van der Waals surface area contributed by atoms with Crippen LogP contribution in [0, 0.1) is 0 Å². The number of esters is 1. The average Bonchev–Trinajstić information content (AvgIpc) is 3.34. The summed E-state index contributed by atoms with van der Waals surface area (Å²) in [5.41, 5.74) is 0.513. The molecule has 2 amide bonds. The smallest absolute Gasteiger partial charge is 0.358 e. The molecular formula is C27H30N4O6. The van der Waals surface area contributed by atoms with E-state index in [-0.39, 0.29) is 37.0 Å². The maximum atomic E-state index is 13.8. The van der Waals surface area contributed by atoms with E-state index < -0.39 is 17.4 Å². The molecule has 0 saturated carbocycles. The van der Waals surface area contributed by atoms with Gasteiger partial charge in [-0.1, -0.05) is 30.3 Å². The van der Waals surface area contributed by atoms with Crippen molar-refractivity contribution in [3.05, 3.63) is 77.1 Å². The van der Waals surface area contributed by atoms with E-state index in [2.05, 4.69) is 10.4 Å². The van der Waals surface area contributed by atoms with Gasteiger partial charge in [0, 0.05) is 24.2 Å². The van der Waals surface area contributed by atoms with Crippen molar-refractivity contribution in [3.63, 3.8) is 0 Å². The second-order valence-electron chi connectivity index (χ2n) is 8.80. The van der Waals surface area contributed by atoms with E-state index in [1.54, 1.807) is 39.2 Å². The highest BCUT2D eigenvalue weighted by molar-refractivity contribution is 6.01. The quantitative estimate of drug-likeness (QED) is 0.444. The molecule has 2 heterocycles. The largest absolute Gasteiger partial charge is 0.497 e. The summed E-state index contributed by atoms with van der Waals surface area (Å²) in [4.78, 5) is 41.3. The van der Waals surface area contributed by atoms with E-state index in [0.29, 0.717) is 23.6 Å². The van der Waals surface area contributed by atoms with E-state index >= 15 is 0 Å². The molecule has 2 aromatic carbocycles. The summed E-state index contributed by atoms with van der Waals surface area (Å²) in [7, 11) is 3.09. The zero-order chi connectivity index (χ0) is 26.6. The van der Waals surface area contributed by atoms with Gasteiger partial charge in [-0.25, -0.2) is 4.79 Å². The molecule has 0 bridgehead atoms. The molecule has 0 radical (unpaired) electrons. The van der Waals surface area contributed by atoms with Crippen molar-refractivity contribution in [1.82, 2.24) is 20.0 Å². The highest BCUT2D eigenvalue weighted by Crippen LogP contribution is 2.33. The maximum Gasteiger partial charge on any atom is 0.358 e. The third-order valence-corrected chi connectivity index (χ3v) is 6.39. The maximum absolute atomic E-state index is 13.8. The lowest BCUT2D eigenvalue weighted by atomic mass is 9.93. The molecule has 10 nitrogen and oxygen atoms in total. The Balaban J connectivity index is 1.71. The molecule has 37 heavy (non-hydrogen) atoms. The minimum Gasteiger partial charge on any atom is -0.497 e. The van der Waals surface area contributed by atoms with Crippen LogP contribution in [0.3, 0.4) is 0 Å². The molecule has 1 unspecified atom stereocenters. The van der Waals surface area contributed by atoms with E-state index in [9.17, 15) is 14.4 Å². The van der Waals surface area contributed by atoms with Crippen LogP contribution in [0.4, 0.5) is 0 Å². The molecule has 1 atom stereocenters. The first kappa shape index (κ1) is 25.7. The Morgan fingerprint density at radius 2 is 1.84 bits per heavy atom. The van der Waals surface area contributed by atoms with Gasteiger partial charge >= 0.3 is 5.97 Å². The van der Waals surface area contributed by atoms with Crippen molar-refractivity contribution in [2.24, 2.45) is 0 Å². The number of amides is 2. The fourth-order valence-electron chi connectivity index (χ4n) is 4.32. The van der Waals surface area contributed by atoms with Gasteiger partial charge in [0.05, 0.1) is 33.9 Å². The van der Waals surface area contributed by atoms with Gasteiger partial charge in [0.1, 0.15) is 22.7 Å². The Hall–Kier alpha value is -4.34. The summed E-state index contributed by atoms with van der Waals surface area (Å²) in [6.45, 7) is 3.99. The molecule has 1 aliphatic heterocycles. The fourth-order valence-corrected chi connectivity index (χ4v) is 4.32. The van der Waals surface area contributed by atoms with E-state index in [1.807, 2.05) is 30.3 Å². The van der Waals surface area contributed by atoms with E-state index in [4.69, 9.17) is 14.2 Å². The molecule has 4 rings (SSSR count). The fraction of sp³-hybridized carbons (Fsp3) is 0.333. The molecule has 1 aliphatic rings. The Morgan fingerprint density at radius 3 is 2.51 bits per heavy atom. The number of hydrogen-bond donors (Lipinski definition) is 1. The van der Waals surface area contributed by atoms with Crippen LogP contribution in [-0.4, -0.2) is 58.8 Å². The number of rotatable bonds is 9. The molecule has 1 aromatic heterocycles. The zero-order valence-corrected chi connectivity index (χ0v) is 21.3. The Morgan fingerprint density at radius 1 is 1.08 bits per heavy atom. The minimum absolute atomic E-state index is 0.0149. The van der Waals surface area contributed by atoms with Gasteiger partial charge in [-0.15, -0.1) is 0 Å². The first-order chi connectivity index (χ1) is 17.8. The van der Waals surface area contributed by atoms with Crippen molar-refractivity contribution in [3.8, 4) is 11.5 Å². The first-order valence-electron chi connectivity index (χ1n) is 11.9. The summed E-state index contributed by atoms with van der Waals surface area (Å²) in [5, 5.41) is 7.24. The van der Waals surface area contributed by atoms with Gasteiger partial charge in [-0.2, -0.15) is 5.10 Å². The molecule has 10 heteroatoms. The van der Waals surface area contributed by atoms with Crippen molar-refractivity contribution in [1.29, 1.82) is 0 Å². The molecule has 3 aromatic rings. The van der Waals surface area contributed by atoms with Gasteiger partial charge in [-0.05, 0) is 31.5 Å². The van der Waals surface area contributed by atoms with Gasteiger partial charge < -0.3 is 24.4 Å². The number of carbonyl (C=O) groups is 3. The average molecular weight is 507 g/mol. The highest BCUT2D eigenvalue weighted by atomic mass is 16.5. The molecule has 1 N–H and O–H groups in total. The van der Waals surface area contributed by atoms with E-state index in [0.717, 1.165) is 5.56 Å². The Bertz CT molecular complexity index is 1310. The first-order valence-corrected chi connectivity index (χ1v) is 11.9. The number of carbonyl (C=O) groups excluding carboxylic acids is 3. The van der Waals surface area contributed by atoms with Gasteiger partial charge in [0.2, 0.25) is 5.91 Å². The predicted octanol–water partition coefficient (Wildman–Crippen LogP) is 2.81. The normalized spacial score (nSPS) is 16.6. The van der Waals surface area contributed by atoms with Crippen LogP contribution in [0.5, 0.6) is 11.5 Å².